The summed E-state index contributed by atoms with van der Waals surface area (Å²) in [7, 11) is 0. The number of aliphatic hydroxyl groups excluding tert-OH is 1. The van der Waals surface area contributed by atoms with E-state index in [2.05, 4.69) is 20.4 Å². The van der Waals surface area contributed by atoms with Crippen LogP contribution in [0.1, 0.15) is 39.6 Å². The Labute approximate surface area is 277 Å². The Morgan fingerprint density at radius 1 is 1.12 bits per heavy atom. The van der Waals surface area contributed by atoms with Crippen LogP contribution in [0.25, 0.3) is 11.4 Å². The van der Waals surface area contributed by atoms with Gasteiger partial charge in [-0.3, -0.25) is 14.4 Å². The maximum atomic E-state index is 14.2. The number of aromatic hydroxyl groups is 1. The molecule has 1 fully saturated rings. The number of carbonyl (C=O) groups excluding carboxylic acids is 2. The number of hydrogen-bond donors (Lipinski definition) is 3. The summed E-state index contributed by atoms with van der Waals surface area (Å²) in [5, 5.41) is 27.4. The molecule has 3 aromatic heterocycles. The van der Waals surface area contributed by atoms with Crippen molar-refractivity contribution >= 4 is 34.5 Å². The van der Waals surface area contributed by atoms with Crippen molar-refractivity contribution in [2.24, 2.45) is 0 Å². The number of aliphatic hydroxyl groups is 1. The highest BCUT2D eigenvalue weighted by molar-refractivity contribution is 5.95. The highest BCUT2D eigenvalue weighted by atomic mass is 19.4. The van der Waals surface area contributed by atoms with Crippen LogP contribution in [0, 0.1) is 6.92 Å². The van der Waals surface area contributed by atoms with Crippen LogP contribution in [-0.2, 0) is 28.7 Å². The van der Waals surface area contributed by atoms with E-state index in [1.807, 2.05) is 0 Å². The Morgan fingerprint density at radius 2 is 1.90 bits per heavy atom. The van der Waals surface area contributed by atoms with Crippen molar-refractivity contribution in [1.82, 2.24) is 29.0 Å². The lowest BCUT2D eigenvalue weighted by atomic mass is 10.1. The van der Waals surface area contributed by atoms with Crippen molar-refractivity contribution in [3.63, 3.8) is 0 Å². The minimum Gasteiger partial charge on any atom is -0.505 e. The Kier molecular flexibility index (Phi) is 9.38. The van der Waals surface area contributed by atoms with Crippen molar-refractivity contribution in [1.29, 1.82) is 0 Å². The molecule has 0 saturated carbocycles. The summed E-state index contributed by atoms with van der Waals surface area (Å²) >= 11 is 0. The largest absolute Gasteiger partial charge is 0.505 e. The zero-order chi connectivity index (χ0) is 34.9. The minimum atomic E-state index is -4.55. The second-order valence-corrected chi connectivity index (χ2v) is 11.6. The number of amides is 2. The maximum Gasteiger partial charge on any atom is 0.416 e. The Bertz CT molecular complexity index is 2000. The fourth-order valence-corrected chi connectivity index (χ4v) is 5.95. The third-order valence-corrected chi connectivity index (χ3v) is 8.43. The van der Waals surface area contributed by atoms with Crippen LogP contribution in [0.5, 0.6) is 5.75 Å². The third-order valence-electron chi connectivity index (χ3n) is 8.43. The lowest BCUT2D eigenvalue weighted by molar-refractivity contribution is -0.137. The molecule has 0 aliphatic carbocycles. The molecule has 14 nitrogen and oxygen atoms in total. The molecule has 0 spiro atoms. The molecular formula is C32H33F3N8O6. The van der Waals surface area contributed by atoms with Crippen molar-refractivity contribution in [2.75, 3.05) is 56.2 Å². The Hall–Kier alpha value is -5.29. The average molecular weight is 683 g/mol. The average Bonchev–Trinajstić information content (AvgIpc) is 3.54. The summed E-state index contributed by atoms with van der Waals surface area (Å²) in [5.74, 6) is -1.02. The molecule has 2 amide bonds. The molecule has 0 radical (unpaired) electrons. The fraction of sp³-hybridized carbons (Fsp3) is 0.375. The fourth-order valence-electron chi connectivity index (χ4n) is 5.95. The molecule has 2 aliphatic heterocycles. The van der Waals surface area contributed by atoms with E-state index in [0.717, 1.165) is 22.2 Å². The first-order valence-electron chi connectivity index (χ1n) is 15.5. The van der Waals surface area contributed by atoms with E-state index < -0.39 is 35.7 Å². The number of benzene rings is 1. The van der Waals surface area contributed by atoms with Gasteiger partial charge in [0.2, 0.25) is 11.7 Å². The van der Waals surface area contributed by atoms with Crippen LogP contribution in [0.4, 0.5) is 24.5 Å². The summed E-state index contributed by atoms with van der Waals surface area (Å²) in [4.78, 5) is 52.6. The number of carbonyl (C=O) groups is 2. The Morgan fingerprint density at radius 3 is 2.55 bits per heavy atom. The van der Waals surface area contributed by atoms with E-state index in [1.54, 1.807) is 11.0 Å². The van der Waals surface area contributed by atoms with Crippen LogP contribution < -0.4 is 15.8 Å². The summed E-state index contributed by atoms with van der Waals surface area (Å²) in [6.45, 7) is 2.16. The quantitative estimate of drug-likeness (QED) is 0.251. The SMILES string of the molecule is Cc1cc(C(F)(F)F)ccc1NC(=O)Cn1c(CCO)c(N2CCN(C(=O)c3ncccc3O)CC2)c(=O)n2nc(C3=CCOCC3)nc12. The van der Waals surface area contributed by atoms with Crippen LogP contribution in [0.15, 0.2) is 47.4 Å². The molecule has 2 aliphatic rings. The molecule has 1 aromatic carbocycles. The van der Waals surface area contributed by atoms with Crippen molar-refractivity contribution < 1.29 is 37.7 Å². The van der Waals surface area contributed by atoms with Gasteiger partial charge in [0.15, 0.2) is 11.5 Å². The second kappa shape index (κ2) is 13.7. The molecule has 49 heavy (non-hydrogen) atoms. The lowest BCUT2D eigenvalue weighted by Crippen LogP contribution is -2.51. The first-order valence-corrected chi connectivity index (χ1v) is 15.5. The van der Waals surface area contributed by atoms with Gasteiger partial charge in [-0.2, -0.15) is 22.7 Å². The summed E-state index contributed by atoms with van der Waals surface area (Å²) in [6, 6.07) is 5.87. The van der Waals surface area contributed by atoms with Gasteiger partial charge in [0, 0.05) is 51.1 Å². The first-order chi connectivity index (χ1) is 23.5. The molecule has 0 bridgehead atoms. The van der Waals surface area contributed by atoms with E-state index in [4.69, 9.17) is 4.74 Å². The smallest absolute Gasteiger partial charge is 0.416 e. The number of pyridine rings is 1. The second-order valence-electron chi connectivity index (χ2n) is 11.6. The molecule has 0 atom stereocenters. The van der Waals surface area contributed by atoms with Gasteiger partial charge in [-0.15, -0.1) is 5.10 Å². The molecule has 0 unspecified atom stereocenters. The van der Waals surface area contributed by atoms with E-state index in [0.29, 0.717) is 25.3 Å². The standard InChI is InChI=1S/C32H33F3N8O6/c1-19-17-21(32(33,34)35)4-5-22(19)37-25(46)18-42-23(6-14-44)27(30(48)43-31(42)38-28(39-43)20-7-15-49-16-8-20)40-10-12-41(13-11-40)29(47)26-24(45)3-2-9-36-26/h2-5,7,9,17,44-45H,6,8,10-16,18H2,1H3,(H,37,46). The van der Waals surface area contributed by atoms with Gasteiger partial charge in [0.05, 0.1) is 24.5 Å². The topological polar surface area (TPSA) is 167 Å². The lowest BCUT2D eigenvalue weighted by Gasteiger charge is -2.36. The number of fused-ring (bicyclic) bond motifs is 1. The molecule has 6 rings (SSSR count). The van der Waals surface area contributed by atoms with Gasteiger partial charge in [0.25, 0.3) is 11.5 Å². The number of aryl methyl sites for hydroxylation is 1. The summed E-state index contributed by atoms with van der Waals surface area (Å²) in [6.07, 6.45) is -0.892. The number of rotatable bonds is 8. The highest BCUT2D eigenvalue weighted by Gasteiger charge is 2.32. The number of alkyl halides is 3. The number of nitrogens with zero attached hydrogens (tertiary/aromatic N) is 7. The molecule has 5 heterocycles. The van der Waals surface area contributed by atoms with Crippen LogP contribution in [0.3, 0.4) is 0 Å². The zero-order valence-electron chi connectivity index (χ0n) is 26.4. The van der Waals surface area contributed by atoms with Crippen LogP contribution in [-0.4, -0.2) is 97.1 Å². The molecule has 17 heteroatoms. The van der Waals surface area contributed by atoms with Gasteiger partial charge in [0.1, 0.15) is 18.0 Å². The highest BCUT2D eigenvalue weighted by Crippen LogP contribution is 2.32. The van der Waals surface area contributed by atoms with Gasteiger partial charge in [-0.25, -0.2) is 4.98 Å². The zero-order valence-corrected chi connectivity index (χ0v) is 26.4. The van der Waals surface area contributed by atoms with Crippen molar-refractivity contribution in [3.05, 3.63) is 81.3 Å². The van der Waals surface area contributed by atoms with Gasteiger partial charge in [-0.1, -0.05) is 6.08 Å². The third kappa shape index (κ3) is 6.84. The van der Waals surface area contributed by atoms with E-state index >= 15 is 0 Å². The summed E-state index contributed by atoms with van der Waals surface area (Å²) < 4.78 is 47.7. The number of aromatic nitrogens is 5. The van der Waals surface area contributed by atoms with Gasteiger partial charge in [-0.05, 0) is 54.8 Å². The van der Waals surface area contributed by atoms with Crippen LogP contribution in [0.2, 0.25) is 0 Å². The normalized spacial score (nSPS) is 15.4. The number of nitrogens with one attached hydrogen (secondary N) is 1. The van der Waals surface area contributed by atoms with Gasteiger partial charge >= 0.3 is 6.18 Å². The number of halogens is 3. The Balaban J connectivity index is 1.37. The van der Waals surface area contributed by atoms with Crippen molar-refractivity contribution in [2.45, 2.75) is 32.5 Å². The molecular weight excluding hydrogens is 649 g/mol. The van der Waals surface area contributed by atoms with E-state index in [1.165, 1.54) is 40.8 Å². The number of hydrogen-bond acceptors (Lipinski definition) is 10. The summed E-state index contributed by atoms with van der Waals surface area (Å²) in [5.41, 5.74) is 0.0970. The van der Waals surface area contributed by atoms with Crippen molar-refractivity contribution in [3.8, 4) is 5.75 Å². The predicted molar refractivity (Wildman–Crippen MR) is 170 cm³/mol. The van der Waals surface area contributed by atoms with E-state index in [9.17, 15) is 37.8 Å². The molecule has 3 N–H and O–H groups in total. The molecule has 4 aromatic rings. The van der Waals surface area contributed by atoms with Gasteiger partial charge < -0.3 is 34.6 Å². The van der Waals surface area contributed by atoms with Crippen LogP contribution >= 0.6 is 0 Å². The van der Waals surface area contributed by atoms with E-state index in [-0.39, 0.29) is 79.2 Å². The predicted octanol–water partition coefficient (Wildman–Crippen LogP) is 2.26. The number of piperazine rings is 1. The monoisotopic (exact) mass is 682 g/mol. The molecule has 258 valence electrons. The minimum absolute atomic E-state index is 0.0401. The number of anilines is 2. The maximum absolute atomic E-state index is 14.2. The molecule has 1 saturated heterocycles. The first kappa shape index (κ1) is 33.6. The number of ether oxygens (including phenoxy) is 1.